The highest BCUT2D eigenvalue weighted by Crippen LogP contribution is 2.16. The molecule has 1 aromatic rings. The van der Waals surface area contributed by atoms with Crippen LogP contribution >= 0.6 is 24.0 Å². The Morgan fingerprint density at radius 3 is 2.61 bits per heavy atom. The molecule has 2 rings (SSSR count). The average Bonchev–Trinajstić information content (AvgIpc) is 3.15. The van der Waals surface area contributed by atoms with Gasteiger partial charge in [-0.1, -0.05) is 13.8 Å². The summed E-state index contributed by atoms with van der Waals surface area (Å²) in [4.78, 5) is 9.34. The minimum atomic E-state index is -0.718. The predicted octanol–water partition coefficient (Wildman–Crippen LogP) is 2.57. The zero-order valence-corrected chi connectivity index (χ0v) is 19.4. The molecule has 0 amide bonds. The Hall–Kier alpha value is -1.13. The van der Waals surface area contributed by atoms with Crippen LogP contribution in [0.5, 0.6) is 5.75 Å². The van der Waals surface area contributed by atoms with E-state index >= 15 is 0 Å². The third kappa shape index (κ3) is 7.71. The van der Waals surface area contributed by atoms with Crippen molar-refractivity contribution >= 4 is 29.9 Å². The van der Waals surface area contributed by atoms with E-state index in [1.54, 1.807) is 12.1 Å². The van der Waals surface area contributed by atoms with Crippen LogP contribution in [0.25, 0.3) is 0 Å². The average molecular weight is 508 g/mol. The minimum absolute atomic E-state index is 0. The van der Waals surface area contributed by atoms with Gasteiger partial charge < -0.3 is 20.1 Å². The second kappa shape index (κ2) is 13.2. The molecule has 2 atom stereocenters. The first-order chi connectivity index (χ1) is 13.1. The lowest BCUT2D eigenvalue weighted by atomic mass is 10.2. The maximum Gasteiger partial charge on any atom is 0.194 e. The zero-order valence-electron chi connectivity index (χ0n) is 17.1. The lowest BCUT2D eigenvalue weighted by Crippen LogP contribution is -2.43. The highest BCUT2D eigenvalue weighted by molar-refractivity contribution is 14.0. The molecule has 1 saturated heterocycles. The van der Waals surface area contributed by atoms with Crippen molar-refractivity contribution in [3.8, 4) is 5.75 Å². The fourth-order valence-electron chi connectivity index (χ4n) is 3.37. The second-order valence-corrected chi connectivity index (χ2v) is 6.72. The van der Waals surface area contributed by atoms with Crippen LogP contribution in [0.1, 0.15) is 27.2 Å². The monoisotopic (exact) mass is 508 g/mol. The molecule has 0 bridgehead atoms. The SMILES string of the molecule is CCNC(=NCC(O)COc1ccc(F)cc1)N1CCC(N(CC)CC)C1.I. The molecule has 28 heavy (non-hydrogen) atoms. The number of hydrogen-bond acceptors (Lipinski definition) is 4. The fourth-order valence-corrected chi connectivity index (χ4v) is 3.37. The summed E-state index contributed by atoms with van der Waals surface area (Å²) >= 11 is 0. The second-order valence-electron chi connectivity index (χ2n) is 6.72. The Labute approximate surface area is 185 Å². The molecular weight excluding hydrogens is 474 g/mol. The van der Waals surface area contributed by atoms with Crippen molar-refractivity contribution in [3.05, 3.63) is 30.1 Å². The van der Waals surface area contributed by atoms with Crippen molar-refractivity contribution in [2.75, 3.05) is 45.9 Å². The Morgan fingerprint density at radius 1 is 1.32 bits per heavy atom. The number of likely N-dealkylation sites (tertiary alicyclic amines) is 1. The molecule has 1 aliphatic rings. The highest BCUT2D eigenvalue weighted by Gasteiger charge is 2.28. The van der Waals surface area contributed by atoms with Crippen molar-refractivity contribution in [2.24, 2.45) is 4.99 Å². The molecule has 0 aliphatic carbocycles. The number of halogens is 2. The number of hydrogen-bond donors (Lipinski definition) is 2. The van der Waals surface area contributed by atoms with Crippen LogP contribution in [-0.2, 0) is 0 Å². The van der Waals surface area contributed by atoms with Gasteiger partial charge in [-0.3, -0.25) is 9.89 Å². The van der Waals surface area contributed by atoms with Gasteiger partial charge in [0.15, 0.2) is 5.96 Å². The lowest BCUT2D eigenvalue weighted by Gasteiger charge is -2.27. The molecule has 1 heterocycles. The molecule has 8 heteroatoms. The molecule has 2 unspecified atom stereocenters. The first-order valence-electron chi connectivity index (χ1n) is 9.91. The van der Waals surface area contributed by atoms with Gasteiger partial charge in [-0.15, -0.1) is 24.0 Å². The standard InChI is InChI=1S/C20H33FN4O2.HI/c1-4-22-20(25-12-11-17(14-25)24(5-2)6-3)23-13-18(26)15-27-19-9-7-16(21)8-10-19;/h7-10,17-18,26H,4-6,11-15H2,1-3H3,(H,22,23);1H. The van der Waals surface area contributed by atoms with E-state index in [9.17, 15) is 9.50 Å². The molecule has 0 saturated carbocycles. The molecule has 2 N–H and O–H groups in total. The summed E-state index contributed by atoms with van der Waals surface area (Å²) in [5.41, 5.74) is 0. The van der Waals surface area contributed by atoms with Gasteiger partial charge in [-0.25, -0.2) is 4.39 Å². The highest BCUT2D eigenvalue weighted by atomic mass is 127. The van der Waals surface area contributed by atoms with Gasteiger partial charge in [0.1, 0.15) is 24.3 Å². The molecule has 160 valence electrons. The van der Waals surface area contributed by atoms with Crippen molar-refractivity contribution < 1.29 is 14.2 Å². The van der Waals surface area contributed by atoms with Crippen LogP contribution in [0.2, 0.25) is 0 Å². The predicted molar refractivity (Wildman–Crippen MR) is 122 cm³/mol. The molecule has 1 fully saturated rings. The zero-order chi connectivity index (χ0) is 19.6. The number of benzene rings is 1. The van der Waals surface area contributed by atoms with E-state index in [4.69, 9.17) is 4.74 Å². The van der Waals surface area contributed by atoms with E-state index in [1.807, 2.05) is 6.92 Å². The lowest BCUT2D eigenvalue weighted by molar-refractivity contribution is 0.114. The third-order valence-electron chi connectivity index (χ3n) is 4.83. The first kappa shape index (κ1) is 24.9. The van der Waals surface area contributed by atoms with Crippen molar-refractivity contribution in [1.29, 1.82) is 0 Å². The third-order valence-corrected chi connectivity index (χ3v) is 4.83. The summed E-state index contributed by atoms with van der Waals surface area (Å²) in [5.74, 6) is 1.07. The molecule has 0 aromatic heterocycles. The van der Waals surface area contributed by atoms with Crippen molar-refractivity contribution in [2.45, 2.75) is 39.3 Å². The number of aliphatic hydroxyl groups is 1. The molecular formula is C20H34FIN4O2. The number of aliphatic imine (C=N–C) groups is 1. The summed E-state index contributed by atoms with van der Waals surface area (Å²) in [6.45, 7) is 11.6. The van der Waals surface area contributed by atoms with E-state index < -0.39 is 6.10 Å². The fraction of sp³-hybridized carbons (Fsp3) is 0.650. The van der Waals surface area contributed by atoms with E-state index in [1.165, 1.54) is 12.1 Å². The van der Waals surface area contributed by atoms with Gasteiger partial charge in [0.25, 0.3) is 0 Å². The summed E-state index contributed by atoms with van der Waals surface area (Å²) < 4.78 is 18.4. The molecule has 0 radical (unpaired) electrons. The summed E-state index contributed by atoms with van der Waals surface area (Å²) in [7, 11) is 0. The van der Waals surface area contributed by atoms with Gasteiger partial charge in [0.2, 0.25) is 0 Å². The minimum Gasteiger partial charge on any atom is -0.491 e. The maximum absolute atomic E-state index is 12.9. The number of ether oxygens (including phenoxy) is 1. The van der Waals surface area contributed by atoms with E-state index in [0.717, 1.165) is 45.1 Å². The van der Waals surface area contributed by atoms with Crippen LogP contribution < -0.4 is 10.1 Å². The van der Waals surface area contributed by atoms with Gasteiger partial charge >= 0.3 is 0 Å². The van der Waals surface area contributed by atoms with Gasteiger partial charge in [-0.2, -0.15) is 0 Å². The largest absolute Gasteiger partial charge is 0.491 e. The van der Waals surface area contributed by atoms with Crippen molar-refractivity contribution in [1.82, 2.24) is 15.1 Å². The first-order valence-corrected chi connectivity index (χ1v) is 9.91. The molecule has 6 nitrogen and oxygen atoms in total. The summed E-state index contributed by atoms with van der Waals surface area (Å²) in [6, 6.07) is 6.32. The number of nitrogens with one attached hydrogen (secondary N) is 1. The van der Waals surface area contributed by atoms with Crippen molar-refractivity contribution in [3.63, 3.8) is 0 Å². The van der Waals surface area contributed by atoms with Gasteiger partial charge in [0.05, 0.1) is 6.54 Å². The number of rotatable bonds is 9. The number of aliphatic hydroxyl groups excluding tert-OH is 1. The Balaban J connectivity index is 0.00000392. The van der Waals surface area contributed by atoms with Crippen LogP contribution in [0.15, 0.2) is 29.3 Å². The quantitative estimate of drug-likeness (QED) is 0.305. The Bertz CT molecular complexity index is 584. The molecule has 1 aromatic carbocycles. The smallest absolute Gasteiger partial charge is 0.194 e. The number of likely N-dealkylation sites (N-methyl/N-ethyl adjacent to an activating group) is 1. The Kier molecular flexibility index (Phi) is 11.7. The van der Waals surface area contributed by atoms with Gasteiger partial charge in [0, 0.05) is 25.7 Å². The van der Waals surface area contributed by atoms with Crippen LogP contribution in [0, 0.1) is 5.82 Å². The van der Waals surface area contributed by atoms with E-state index in [-0.39, 0.29) is 42.9 Å². The normalized spacial score (nSPS) is 18.1. The van der Waals surface area contributed by atoms with Crippen LogP contribution in [-0.4, -0.2) is 78.9 Å². The van der Waals surface area contributed by atoms with E-state index in [2.05, 4.69) is 34.0 Å². The topological polar surface area (TPSA) is 60.3 Å². The van der Waals surface area contributed by atoms with E-state index in [0.29, 0.717) is 11.8 Å². The van der Waals surface area contributed by atoms with Crippen LogP contribution in [0.4, 0.5) is 4.39 Å². The molecule has 0 spiro atoms. The Morgan fingerprint density at radius 2 is 2.00 bits per heavy atom. The molecule has 1 aliphatic heterocycles. The van der Waals surface area contributed by atoms with Crippen LogP contribution in [0.3, 0.4) is 0 Å². The summed E-state index contributed by atoms with van der Waals surface area (Å²) in [6.07, 6.45) is 0.410. The number of nitrogens with zero attached hydrogens (tertiary/aromatic N) is 3. The van der Waals surface area contributed by atoms with Gasteiger partial charge in [-0.05, 0) is 50.7 Å². The maximum atomic E-state index is 12.9. The number of guanidine groups is 1. The summed E-state index contributed by atoms with van der Waals surface area (Å²) in [5, 5.41) is 13.5.